The largest absolute Gasteiger partial charge is 0.508 e. The maximum atomic E-state index is 11.4. The van der Waals surface area contributed by atoms with E-state index in [2.05, 4.69) is 5.32 Å². The highest BCUT2D eigenvalue weighted by Gasteiger charge is 2.16. The molecular weight excluding hydrogens is 226 g/mol. The van der Waals surface area contributed by atoms with Crippen molar-refractivity contribution in [3.63, 3.8) is 0 Å². The molecule has 1 aromatic carbocycles. The molecule has 0 aromatic heterocycles. The molecule has 0 atom stereocenters. The highest BCUT2D eigenvalue weighted by molar-refractivity contribution is 5.94. The first kappa shape index (κ1) is 12.9. The molecule has 0 unspecified atom stereocenters. The normalized spacial score (nSPS) is 16.5. The maximum Gasteiger partial charge on any atom is 0.251 e. The molecule has 0 saturated heterocycles. The minimum Gasteiger partial charge on any atom is -0.508 e. The number of rotatable bonds is 3. The van der Waals surface area contributed by atoms with Crippen molar-refractivity contribution in [2.75, 3.05) is 7.05 Å². The van der Waals surface area contributed by atoms with E-state index in [1.165, 1.54) is 32.1 Å². The number of benzene rings is 1. The first-order valence-corrected chi connectivity index (χ1v) is 6.74. The van der Waals surface area contributed by atoms with Gasteiger partial charge in [-0.25, -0.2) is 0 Å². The summed E-state index contributed by atoms with van der Waals surface area (Å²) in [7, 11) is 1.59. The summed E-state index contributed by atoms with van der Waals surface area (Å²) in [6.07, 6.45) is 7.41. The van der Waals surface area contributed by atoms with E-state index in [1.54, 1.807) is 19.2 Å². The molecule has 0 radical (unpaired) electrons. The van der Waals surface area contributed by atoms with E-state index in [0.717, 1.165) is 12.0 Å². The number of carbonyl (C=O) groups is 1. The standard InChI is InChI=1S/C15H21NO2/c1-16-15(18)13-8-7-12(14(17)10-13)9-11-5-3-2-4-6-11/h7-8,10-11,17H,2-6,9H2,1H3,(H,16,18). The summed E-state index contributed by atoms with van der Waals surface area (Å²) in [5.41, 5.74) is 1.48. The third-order valence-corrected chi connectivity index (χ3v) is 3.81. The van der Waals surface area contributed by atoms with Gasteiger partial charge >= 0.3 is 0 Å². The van der Waals surface area contributed by atoms with Crippen LogP contribution in [0.2, 0.25) is 0 Å². The molecule has 98 valence electrons. The second-order valence-corrected chi connectivity index (χ2v) is 5.13. The predicted octanol–water partition coefficient (Wildman–Crippen LogP) is 2.87. The van der Waals surface area contributed by atoms with E-state index in [9.17, 15) is 9.90 Å². The van der Waals surface area contributed by atoms with Crippen molar-refractivity contribution in [1.29, 1.82) is 0 Å². The summed E-state index contributed by atoms with van der Waals surface area (Å²) in [6, 6.07) is 5.24. The van der Waals surface area contributed by atoms with Crippen molar-refractivity contribution < 1.29 is 9.90 Å². The van der Waals surface area contributed by atoms with Crippen molar-refractivity contribution in [2.45, 2.75) is 38.5 Å². The lowest BCUT2D eigenvalue weighted by Gasteiger charge is -2.21. The summed E-state index contributed by atoms with van der Waals surface area (Å²) in [5.74, 6) is 0.784. The molecule has 0 spiro atoms. The Labute approximate surface area is 108 Å². The van der Waals surface area contributed by atoms with Crippen LogP contribution >= 0.6 is 0 Å². The molecule has 1 saturated carbocycles. The number of aromatic hydroxyl groups is 1. The van der Waals surface area contributed by atoms with Gasteiger partial charge in [0.2, 0.25) is 0 Å². The van der Waals surface area contributed by atoms with Crippen LogP contribution in [0, 0.1) is 5.92 Å². The fraction of sp³-hybridized carbons (Fsp3) is 0.533. The summed E-state index contributed by atoms with van der Waals surface area (Å²) in [4.78, 5) is 11.4. The number of hydrogen-bond donors (Lipinski definition) is 2. The van der Waals surface area contributed by atoms with E-state index in [-0.39, 0.29) is 11.7 Å². The van der Waals surface area contributed by atoms with Gasteiger partial charge in [-0.1, -0.05) is 38.2 Å². The molecule has 0 heterocycles. The van der Waals surface area contributed by atoms with Crippen molar-refractivity contribution >= 4 is 5.91 Å². The molecule has 1 fully saturated rings. The van der Waals surface area contributed by atoms with Crippen molar-refractivity contribution in [2.24, 2.45) is 5.92 Å². The fourth-order valence-electron chi connectivity index (χ4n) is 2.72. The average molecular weight is 247 g/mol. The first-order valence-electron chi connectivity index (χ1n) is 6.74. The molecule has 0 bridgehead atoms. The van der Waals surface area contributed by atoms with E-state index < -0.39 is 0 Å². The Hall–Kier alpha value is -1.51. The molecule has 1 aromatic rings. The number of phenolic OH excluding ortho intramolecular Hbond substituents is 1. The van der Waals surface area contributed by atoms with Gasteiger partial charge in [0.1, 0.15) is 5.75 Å². The fourth-order valence-corrected chi connectivity index (χ4v) is 2.72. The number of phenols is 1. The van der Waals surface area contributed by atoms with Gasteiger partial charge in [0, 0.05) is 12.6 Å². The number of amides is 1. The zero-order valence-corrected chi connectivity index (χ0v) is 10.9. The lowest BCUT2D eigenvalue weighted by molar-refractivity contribution is 0.0962. The van der Waals surface area contributed by atoms with Gasteiger partial charge in [-0.3, -0.25) is 4.79 Å². The van der Waals surface area contributed by atoms with Crippen molar-refractivity contribution in [3.05, 3.63) is 29.3 Å². The second kappa shape index (κ2) is 5.89. The van der Waals surface area contributed by atoms with Gasteiger partial charge in [0.15, 0.2) is 0 Å². The topological polar surface area (TPSA) is 49.3 Å². The smallest absolute Gasteiger partial charge is 0.251 e. The van der Waals surface area contributed by atoms with Gasteiger partial charge in [-0.2, -0.15) is 0 Å². The van der Waals surface area contributed by atoms with Crippen LogP contribution in [0.1, 0.15) is 48.0 Å². The van der Waals surface area contributed by atoms with Gasteiger partial charge < -0.3 is 10.4 Å². The van der Waals surface area contributed by atoms with Gasteiger partial charge in [0.25, 0.3) is 5.91 Å². The monoisotopic (exact) mass is 247 g/mol. The average Bonchev–Trinajstić information content (AvgIpc) is 2.41. The number of nitrogens with one attached hydrogen (secondary N) is 1. The van der Waals surface area contributed by atoms with Crippen LogP contribution in [0.25, 0.3) is 0 Å². The Morgan fingerprint density at radius 2 is 2.06 bits per heavy atom. The van der Waals surface area contributed by atoms with Gasteiger partial charge in [0.05, 0.1) is 0 Å². The number of hydrogen-bond acceptors (Lipinski definition) is 2. The lowest BCUT2D eigenvalue weighted by Crippen LogP contribution is -2.17. The van der Waals surface area contributed by atoms with Crippen LogP contribution in [0.15, 0.2) is 18.2 Å². The van der Waals surface area contributed by atoms with Gasteiger partial charge in [-0.15, -0.1) is 0 Å². The summed E-state index contributed by atoms with van der Waals surface area (Å²) in [6.45, 7) is 0. The Bertz CT molecular complexity index is 423. The SMILES string of the molecule is CNC(=O)c1ccc(CC2CCCCC2)c(O)c1. The molecule has 2 N–H and O–H groups in total. The van der Waals surface area contributed by atoms with Crippen LogP contribution in [-0.4, -0.2) is 18.1 Å². The summed E-state index contributed by atoms with van der Waals surface area (Å²) < 4.78 is 0. The minimum atomic E-state index is -0.158. The predicted molar refractivity (Wildman–Crippen MR) is 71.8 cm³/mol. The Balaban J connectivity index is 2.07. The van der Waals surface area contributed by atoms with Gasteiger partial charge in [-0.05, 0) is 30.0 Å². The van der Waals surface area contributed by atoms with E-state index in [4.69, 9.17) is 0 Å². The summed E-state index contributed by atoms with van der Waals surface area (Å²) >= 11 is 0. The highest BCUT2D eigenvalue weighted by Crippen LogP contribution is 2.30. The Morgan fingerprint density at radius 3 is 2.67 bits per heavy atom. The molecule has 0 aliphatic heterocycles. The van der Waals surface area contributed by atoms with Crippen molar-refractivity contribution in [1.82, 2.24) is 5.32 Å². The van der Waals surface area contributed by atoms with Crippen LogP contribution < -0.4 is 5.32 Å². The minimum absolute atomic E-state index is 0.158. The molecule has 1 aliphatic rings. The second-order valence-electron chi connectivity index (χ2n) is 5.13. The van der Waals surface area contributed by atoms with E-state index in [1.807, 2.05) is 6.07 Å². The van der Waals surface area contributed by atoms with Crippen LogP contribution in [0.4, 0.5) is 0 Å². The maximum absolute atomic E-state index is 11.4. The third kappa shape index (κ3) is 3.03. The number of carbonyl (C=O) groups excluding carboxylic acids is 1. The van der Waals surface area contributed by atoms with Crippen LogP contribution in [0.5, 0.6) is 5.75 Å². The quantitative estimate of drug-likeness (QED) is 0.863. The molecule has 3 nitrogen and oxygen atoms in total. The zero-order valence-electron chi connectivity index (χ0n) is 10.9. The molecule has 3 heteroatoms. The molecular formula is C15H21NO2. The Morgan fingerprint density at radius 1 is 1.33 bits per heavy atom. The molecule has 1 amide bonds. The molecule has 2 rings (SSSR count). The summed E-state index contributed by atoms with van der Waals surface area (Å²) in [5, 5.41) is 12.5. The first-order chi connectivity index (χ1) is 8.70. The van der Waals surface area contributed by atoms with E-state index >= 15 is 0 Å². The zero-order chi connectivity index (χ0) is 13.0. The van der Waals surface area contributed by atoms with Crippen molar-refractivity contribution in [3.8, 4) is 5.75 Å². The molecule has 18 heavy (non-hydrogen) atoms. The third-order valence-electron chi connectivity index (χ3n) is 3.81. The molecule has 1 aliphatic carbocycles. The van der Waals surface area contributed by atoms with Crippen LogP contribution in [-0.2, 0) is 6.42 Å². The Kier molecular flexibility index (Phi) is 4.24. The van der Waals surface area contributed by atoms with E-state index in [0.29, 0.717) is 11.5 Å². The lowest BCUT2D eigenvalue weighted by atomic mass is 9.84. The van der Waals surface area contributed by atoms with Crippen LogP contribution in [0.3, 0.4) is 0 Å². The highest BCUT2D eigenvalue weighted by atomic mass is 16.3.